The molecule has 0 aromatic heterocycles. The van der Waals surface area contributed by atoms with Crippen molar-refractivity contribution < 1.29 is 9.59 Å². The zero-order valence-electron chi connectivity index (χ0n) is 11.2. The molecule has 2 unspecified atom stereocenters. The molecule has 0 spiro atoms. The molecule has 0 radical (unpaired) electrons. The molecule has 0 bridgehead atoms. The van der Waals surface area contributed by atoms with Crippen LogP contribution in [-0.4, -0.2) is 30.7 Å². The van der Waals surface area contributed by atoms with Crippen LogP contribution in [0.2, 0.25) is 5.02 Å². The second-order valence-electron chi connectivity index (χ2n) is 4.68. The summed E-state index contributed by atoms with van der Waals surface area (Å²) in [5.74, 6) is -0.168. The van der Waals surface area contributed by atoms with Crippen LogP contribution in [0.3, 0.4) is 0 Å². The Labute approximate surface area is 127 Å². The number of nitrogens with one attached hydrogen (secondary N) is 2. The van der Waals surface area contributed by atoms with E-state index in [1.807, 2.05) is 30.5 Å². The molecule has 1 aliphatic heterocycles. The third-order valence-corrected chi connectivity index (χ3v) is 4.52. The number of carbonyl (C=O) groups is 2. The first-order chi connectivity index (χ1) is 9.60. The maximum atomic E-state index is 11.9. The lowest BCUT2D eigenvalue weighted by Gasteiger charge is -2.18. The molecule has 4 nitrogen and oxygen atoms in total. The Balaban J connectivity index is 1.91. The van der Waals surface area contributed by atoms with Gasteiger partial charge in [0, 0.05) is 23.2 Å². The summed E-state index contributed by atoms with van der Waals surface area (Å²) in [5, 5.41) is 6.40. The van der Waals surface area contributed by atoms with Crippen LogP contribution in [0.4, 0.5) is 0 Å². The normalized spacial score (nSPS) is 19.5. The van der Waals surface area contributed by atoms with Crippen LogP contribution in [0.15, 0.2) is 24.3 Å². The molecule has 1 heterocycles. The van der Waals surface area contributed by atoms with E-state index in [0.29, 0.717) is 24.4 Å². The molecular weight excluding hydrogens is 296 g/mol. The van der Waals surface area contributed by atoms with E-state index in [-0.39, 0.29) is 23.1 Å². The quantitative estimate of drug-likeness (QED) is 0.876. The van der Waals surface area contributed by atoms with Crippen LogP contribution in [0.25, 0.3) is 0 Å². The van der Waals surface area contributed by atoms with Crippen LogP contribution >= 0.6 is 23.4 Å². The summed E-state index contributed by atoms with van der Waals surface area (Å²) in [7, 11) is 0. The number of carbonyl (C=O) groups excluding carboxylic acids is 2. The minimum atomic E-state index is -0.385. The molecule has 2 rings (SSSR count). The topological polar surface area (TPSA) is 58.2 Å². The standard InChI is InChI=1S/C14H17ClN2O2S/c1-20-12(9-3-2-4-10(15)7-9)8-16-14(19)11-5-6-13(18)17-11/h2-4,7,11-12H,5-6,8H2,1H3,(H,16,19)(H,17,18). The van der Waals surface area contributed by atoms with Gasteiger partial charge in [0.05, 0.1) is 0 Å². The predicted octanol–water partition coefficient (Wildman–Crippen LogP) is 2.14. The third kappa shape index (κ3) is 3.90. The Morgan fingerprint density at radius 1 is 1.60 bits per heavy atom. The van der Waals surface area contributed by atoms with E-state index in [9.17, 15) is 9.59 Å². The molecule has 2 atom stereocenters. The molecule has 6 heteroatoms. The van der Waals surface area contributed by atoms with E-state index in [2.05, 4.69) is 10.6 Å². The van der Waals surface area contributed by atoms with Crippen LogP contribution < -0.4 is 10.6 Å². The van der Waals surface area contributed by atoms with Crippen molar-refractivity contribution in [1.29, 1.82) is 0 Å². The molecular formula is C14H17ClN2O2S. The summed E-state index contributed by atoms with van der Waals surface area (Å²) in [6.07, 6.45) is 3.00. The summed E-state index contributed by atoms with van der Waals surface area (Å²) in [5.41, 5.74) is 1.08. The van der Waals surface area contributed by atoms with Crippen molar-refractivity contribution in [3.8, 4) is 0 Å². The monoisotopic (exact) mass is 312 g/mol. The van der Waals surface area contributed by atoms with Crippen molar-refractivity contribution in [2.45, 2.75) is 24.1 Å². The summed E-state index contributed by atoms with van der Waals surface area (Å²) < 4.78 is 0. The highest BCUT2D eigenvalue weighted by Gasteiger charge is 2.27. The third-order valence-electron chi connectivity index (χ3n) is 3.28. The second-order valence-corrected chi connectivity index (χ2v) is 6.16. The van der Waals surface area contributed by atoms with Gasteiger partial charge < -0.3 is 10.6 Å². The highest BCUT2D eigenvalue weighted by Crippen LogP contribution is 2.27. The Hall–Kier alpha value is -1.20. The summed E-state index contributed by atoms with van der Waals surface area (Å²) >= 11 is 7.64. The van der Waals surface area contributed by atoms with Gasteiger partial charge in [0.2, 0.25) is 11.8 Å². The van der Waals surface area contributed by atoms with E-state index in [0.717, 1.165) is 5.56 Å². The maximum absolute atomic E-state index is 11.9. The highest BCUT2D eigenvalue weighted by molar-refractivity contribution is 7.98. The number of hydrogen-bond donors (Lipinski definition) is 2. The lowest BCUT2D eigenvalue weighted by Crippen LogP contribution is -2.42. The molecule has 1 aromatic carbocycles. The average Bonchev–Trinajstić information content (AvgIpc) is 2.86. The van der Waals surface area contributed by atoms with E-state index >= 15 is 0 Å². The fourth-order valence-electron chi connectivity index (χ4n) is 2.17. The van der Waals surface area contributed by atoms with Crippen molar-refractivity contribution in [2.75, 3.05) is 12.8 Å². The van der Waals surface area contributed by atoms with Gasteiger partial charge in [-0.25, -0.2) is 0 Å². The number of benzene rings is 1. The van der Waals surface area contributed by atoms with E-state index in [1.165, 1.54) is 0 Å². The Bertz CT molecular complexity index is 510. The smallest absolute Gasteiger partial charge is 0.242 e. The molecule has 0 aliphatic carbocycles. The number of halogens is 1. The highest BCUT2D eigenvalue weighted by atomic mass is 35.5. The van der Waals surface area contributed by atoms with Crippen LogP contribution in [0.1, 0.15) is 23.7 Å². The van der Waals surface area contributed by atoms with Crippen molar-refractivity contribution in [3.63, 3.8) is 0 Å². The van der Waals surface area contributed by atoms with Crippen molar-refractivity contribution in [1.82, 2.24) is 10.6 Å². The van der Waals surface area contributed by atoms with E-state index in [4.69, 9.17) is 11.6 Å². The molecule has 0 saturated carbocycles. The SMILES string of the molecule is CSC(CNC(=O)C1CCC(=O)N1)c1cccc(Cl)c1. The van der Waals surface area contributed by atoms with Gasteiger partial charge in [-0.1, -0.05) is 23.7 Å². The minimum Gasteiger partial charge on any atom is -0.353 e. The number of rotatable bonds is 5. The molecule has 20 heavy (non-hydrogen) atoms. The first-order valence-electron chi connectivity index (χ1n) is 6.45. The Kier molecular flexibility index (Phi) is 5.31. The summed E-state index contributed by atoms with van der Waals surface area (Å²) in [4.78, 5) is 23.0. The maximum Gasteiger partial charge on any atom is 0.242 e. The Morgan fingerprint density at radius 2 is 2.40 bits per heavy atom. The lowest BCUT2D eigenvalue weighted by atomic mass is 10.1. The van der Waals surface area contributed by atoms with Gasteiger partial charge >= 0.3 is 0 Å². The second kappa shape index (κ2) is 6.99. The number of thioether (sulfide) groups is 1. The largest absolute Gasteiger partial charge is 0.353 e. The molecule has 108 valence electrons. The molecule has 1 aromatic rings. The van der Waals surface area contributed by atoms with Crippen molar-refractivity contribution in [2.24, 2.45) is 0 Å². The summed E-state index contributed by atoms with van der Waals surface area (Å²) in [6, 6.07) is 7.25. The van der Waals surface area contributed by atoms with Crippen LogP contribution in [0.5, 0.6) is 0 Å². The van der Waals surface area contributed by atoms with Gasteiger partial charge in [-0.15, -0.1) is 0 Å². The van der Waals surface area contributed by atoms with E-state index < -0.39 is 0 Å². The predicted molar refractivity (Wildman–Crippen MR) is 81.9 cm³/mol. The molecule has 2 N–H and O–H groups in total. The first-order valence-corrected chi connectivity index (χ1v) is 8.12. The van der Waals surface area contributed by atoms with E-state index in [1.54, 1.807) is 11.8 Å². The van der Waals surface area contributed by atoms with Gasteiger partial charge in [-0.2, -0.15) is 11.8 Å². The lowest BCUT2D eigenvalue weighted by molar-refractivity contribution is -0.125. The van der Waals surface area contributed by atoms with Crippen LogP contribution in [-0.2, 0) is 9.59 Å². The zero-order chi connectivity index (χ0) is 14.5. The van der Waals surface area contributed by atoms with Crippen LogP contribution in [0, 0.1) is 0 Å². The fraction of sp³-hybridized carbons (Fsp3) is 0.429. The summed E-state index contributed by atoms with van der Waals surface area (Å²) in [6.45, 7) is 0.521. The Morgan fingerprint density at radius 3 is 3.00 bits per heavy atom. The van der Waals surface area contributed by atoms with Gasteiger partial charge in [-0.05, 0) is 30.4 Å². The molecule has 1 aliphatic rings. The average molecular weight is 313 g/mol. The van der Waals surface area contributed by atoms with Gasteiger partial charge in [-0.3, -0.25) is 9.59 Å². The number of hydrogen-bond acceptors (Lipinski definition) is 3. The molecule has 1 fully saturated rings. The first kappa shape index (κ1) is 15.2. The van der Waals surface area contributed by atoms with Gasteiger partial charge in [0.25, 0.3) is 0 Å². The zero-order valence-corrected chi connectivity index (χ0v) is 12.8. The van der Waals surface area contributed by atoms with Gasteiger partial charge in [0.1, 0.15) is 6.04 Å². The van der Waals surface area contributed by atoms with Gasteiger partial charge in [0.15, 0.2) is 0 Å². The van der Waals surface area contributed by atoms with Crippen molar-refractivity contribution in [3.05, 3.63) is 34.9 Å². The number of amides is 2. The van der Waals surface area contributed by atoms with Crippen molar-refractivity contribution >= 4 is 35.2 Å². The molecule has 2 amide bonds. The minimum absolute atomic E-state index is 0.0543. The molecule has 1 saturated heterocycles. The fourth-order valence-corrected chi connectivity index (χ4v) is 3.04.